The molecule has 1 aliphatic carbocycles. The van der Waals surface area contributed by atoms with E-state index in [4.69, 9.17) is 10.2 Å². The van der Waals surface area contributed by atoms with Gasteiger partial charge in [0.05, 0.1) is 5.92 Å². The summed E-state index contributed by atoms with van der Waals surface area (Å²) < 4.78 is 0. The second kappa shape index (κ2) is 6.46. The molecule has 0 heterocycles. The highest BCUT2D eigenvalue weighted by atomic mass is 16.4. The first-order valence-electron chi connectivity index (χ1n) is 4.52. The van der Waals surface area contributed by atoms with Gasteiger partial charge in [-0.1, -0.05) is 19.8 Å². The minimum Gasteiger partial charge on any atom is -0.481 e. The Labute approximate surface area is 77.6 Å². The quantitative estimate of drug-likeness (QED) is 0.692. The van der Waals surface area contributed by atoms with Crippen LogP contribution < -0.4 is 0 Å². The molecule has 1 fully saturated rings. The van der Waals surface area contributed by atoms with Gasteiger partial charge >= 0.3 is 11.9 Å². The van der Waals surface area contributed by atoms with Crippen molar-refractivity contribution in [2.75, 3.05) is 0 Å². The molecule has 0 radical (unpaired) electrons. The van der Waals surface area contributed by atoms with E-state index in [9.17, 15) is 9.59 Å². The van der Waals surface area contributed by atoms with Gasteiger partial charge in [0.15, 0.2) is 0 Å². The van der Waals surface area contributed by atoms with Crippen molar-refractivity contribution in [3.8, 4) is 0 Å². The van der Waals surface area contributed by atoms with Crippen molar-refractivity contribution in [1.29, 1.82) is 0 Å². The van der Waals surface area contributed by atoms with Crippen molar-refractivity contribution < 1.29 is 19.8 Å². The summed E-state index contributed by atoms with van der Waals surface area (Å²) in [5, 5.41) is 16.1. The van der Waals surface area contributed by atoms with E-state index < -0.39 is 11.9 Å². The number of carboxylic acids is 2. The summed E-state index contributed by atoms with van der Waals surface area (Å²) in [6.07, 6.45) is 4.23. The third-order valence-corrected chi connectivity index (χ3v) is 2.01. The van der Waals surface area contributed by atoms with Crippen LogP contribution in [0.5, 0.6) is 0 Å². The number of carboxylic acid groups (broad SMARTS) is 2. The number of rotatable bonds is 2. The van der Waals surface area contributed by atoms with Gasteiger partial charge in [-0.05, 0) is 12.8 Å². The summed E-state index contributed by atoms with van der Waals surface area (Å²) in [4.78, 5) is 19.6. The van der Waals surface area contributed by atoms with Crippen LogP contribution in [0.1, 0.15) is 39.0 Å². The summed E-state index contributed by atoms with van der Waals surface area (Å²) in [6.45, 7) is 1.60. The van der Waals surface area contributed by atoms with Crippen LogP contribution in [0.2, 0.25) is 0 Å². The van der Waals surface area contributed by atoms with Crippen LogP contribution in [-0.4, -0.2) is 22.2 Å². The van der Waals surface area contributed by atoms with E-state index in [1.165, 1.54) is 0 Å². The molecule has 0 bridgehead atoms. The second-order valence-corrected chi connectivity index (χ2v) is 3.07. The molecule has 0 atom stereocenters. The maximum Gasteiger partial charge on any atom is 0.306 e. The molecule has 1 aliphatic rings. The number of hydrogen-bond acceptors (Lipinski definition) is 2. The van der Waals surface area contributed by atoms with Crippen molar-refractivity contribution in [2.45, 2.75) is 39.0 Å². The van der Waals surface area contributed by atoms with E-state index in [0.29, 0.717) is 0 Å². The van der Waals surface area contributed by atoms with Crippen LogP contribution >= 0.6 is 0 Å². The van der Waals surface area contributed by atoms with Gasteiger partial charge < -0.3 is 10.2 Å². The lowest BCUT2D eigenvalue weighted by atomic mass is 10.1. The third kappa shape index (κ3) is 6.13. The van der Waals surface area contributed by atoms with Crippen LogP contribution in [0.15, 0.2) is 0 Å². The Morgan fingerprint density at radius 3 is 1.77 bits per heavy atom. The van der Waals surface area contributed by atoms with Gasteiger partial charge in [0.25, 0.3) is 0 Å². The molecule has 0 aromatic heterocycles. The molecule has 0 unspecified atom stereocenters. The maximum atomic E-state index is 10.2. The molecule has 4 nitrogen and oxygen atoms in total. The first-order valence-corrected chi connectivity index (χ1v) is 4.52. The minimum atomic E-state index is -0.745. The first-order chi connectivity index (χ1) is 6.07. The SMILES string of the molecule is CCC(=O)O.O=C(O)C1CCCC1. The second-order valence-electron chi connectivity index (χ2n) is 3.07. The highest BCUT2D eigenvalue weighted by molar-refractivity contribution is 5.70. The van der Waals surface area contributed by atoms with Gasteiger partial charge in [0.1, 0.15) is 0 Å². The fourth-order valence-electron chi connectivity index (χ4n) is 1.17. The van der Waals surface area contributed by atoms with Gasteiger partial charge in [-0.2, -0.15) is 0 Å². The van der Waals surface area contributed by atoms with Crippen LogP contribution in [0.4, 0.5) is 0 Å². The monoisotopic (exact) mass is 188 g/mol. The molecule has 2 N–H and O–H groups in total. The number of aliphatic carboxylic acids is 2. The standard InChI is InChI=1S/C6H10O2.C3H6O2/c7-6(8)5-3-1-2-4-5;1-2-3(4)5/h5H,1-4H2,(H,7,8);2H2,1H3,(H,4,5). The largest absolute Gasteiger partial charge is 0.481 e. The summed E-state index contributed by atoms with van der Waals surface area (Å²) in [5.74, 6) is -1.37. The van der Waals surface area contributed by atoms with Crippen molar-refractivity contribution in [3.05, 3.63) is 0 Å². The lowest BCUT2D eigenvalue weighted by molar-refractivity contribution is -0.141. The zero-order valence-electron chi connectivity index (χ0n) is 7.82. The predicted molar refractivity (Wildman–Crippen MR) is 47.5 cm³/mol. The topological polar surface area (TPSA) is 74.6 Å². The average Bonchev–Trinajstić information content (AvgIpc) is 2.57. The van der Waals surface area contributed by atoms with Crippen LogP contribution in [0, 0.1) is 5.92 Å². The molecule has 0 aromatic rings. The molecule has 0 saturated heterocycles. The number of hydrogen-bond donors (Lipinski definition) is 2. The molecule has 1 saturated carbocycles. The van der Waals surface area contributed by atoms with Crippen molar-refractivity contribution >= 4 is 11.9 Å². The molecular weight excluding hydrogens is 172 g/mol. The molecule has 0 aromatic carbocycles. The fourth-order valence-corrected chi connectivity index (χ4v) is 1.17. The summed E-state index contributed by atoms with van der Waals surface area (Å²) >= 11 is 0. The van der Waals surface area contributed by atoms with Gasteiger partial charge in [-0.15, -0.1) is 0 Å². The zero-order valence-corrected chi connectivity index (χ0v) is 7.82. The number of carbonyl (C=O) groups is 2. The summed E-state index contributed by atoms with van der Waals surface area (Å²) in [6, 6.07) is 0. The van der Waals surface area contributed by atoms with Crippen LogP contribution in [-0.2, 0) is 9.59 Å². The maximum absolute atomic E-state index is 10.2. The van der Waals surface area contributed by atoms with Gasteiger partial charge in [0.2, 0.25) is 0 Å². The third-order valence-electron chi connectivity index (χ3n) is 2.01. The summed E-state index contributed by atoms with van der Waals surface area (Å²) in [5.41, 5.74) is 0. The Hall–Kier alpha value is -1.06. The Balaban J connectivity index is 0.000000252. The Morgan fingerprint density at radius 2 is 1.62 bits per heavy atom. The molecular formula is C9H16O4. The minimum absolute atomic E-state index is 0.0185. The fraction of sp³-hybridized carbons (Fsp3) is 0.778. The molecule has 13 heavy (non-hydrogen) atoms. The van der Waals surface area contributed by atoms with Crippen molar-refractivity contribution in [2.24, 2.45) is 5.92 Å². The first kappa shape index (κ1) is 11.9. The van der Waals surface area contributed by atoms with E-state index in [2.05, 4.69) is 0 Å². The van der Waals surface area contributed by atoms with Crippen molar-refractivity contribution in [3.63, 3.8) is 0 Å². The van der Waals surface area contributed by atoms with E-state index >= 15 is 0 Å². The Kier molecular flexibility index (Phi) is 5.93. The lowest BCUT2D eigenvalue weighted by Crippen LogP contribution is -2.07. The molecule has 1 rings (SSSR count). The predicted octanol–water partition coefficient (Wildman–Crippen LogP) is 1.74. The molecule has 0 amide bonds. The van der Waals surface area contributed by atoms with Crippen LogP contribution in [0.25, 0.3) is 0 Å². The highest BCUT2D eigenvalue weighted by Gasteiger charge is 2.20. The van der Waals surface area contributed by atoms with Gasteiger partial charge in [-0.3, -0.25) is 9.59 Å². The van der Waals surface area contributed by atoms with Crippen LogP contribution in [0.3, 0.4) is 0 Å². The zero-order chi connectivity index (χ0) is 10.3. The van der Waals surface area contributed by atoms with Gasteiger partial charge in [-0.25, -0.2) is 0 Å². The van der Waals surface area contributed by atoms with Gasteiger partial charge in [0, 0.05) is 6.42 Å². The lowest BCUT2D eigenvalue weighted by Gasteiger charge is -1.97. The molecule has 76 valence electrons. The average molecular weight is 188 g/mol. The molecule has 0 aliphatic heterocycles. The smallest absolute Gasteiger partial charge is 0.306 e. The Bertz CT molecular complexity index is 170. The Morgan fingerprint density at radius 1 is 1.23 bits per heavy atom. The normalized spacial score (nSPS) is 16.1. The van der Waals surface area contributed by atoms with E-state index in [1.807, 2.05) is 0 Å². The molecule has 4 heteroatoms. The van der Waals surface area contributed by atoms with E-state index in [0.717, 1.165) is 25.7 Å². The molecule has 0 spiro atoms. The highest BCUT2D eigenvalue weighted by Crippen LogP contribution is 2.24. The van der Waals surface area contributed by atoms with E-state index in [-0.39, 0.29) is 12.3 Å². The van der Waals surface area contributed by atoms with Crippen molar-refractivity contribution in [1.82, 2.24) is 0 Å². The summed E-state index contributed by atoms with van der Waals surface area (Å²) in [7, 11) is 0. The van der Waals surface area contributed by atoms with E-state index in [1.54, 1.807) is 6.92 Å².